The van der Waals surface area contributed by atoms with E-state index in [0.717, 1.165) is 10.0 Å². The molecule has 2 amide bonds. The molecule has 0 aliphatic carbocycles. The van der Waals surface area contributed by atoms with E-state index in [1.54, 1.807) is 31.5 Å². The predicted octanol–water partition coefficient (Wildman–Crippen LogP) is 3.47. The van der Waals surface area contributed by atoms with Gasteiger partial charge in [0.2, 0.25) is 12.7 Å². The number of halogens is 1. The van der Waals surface area contributed by atoms with Crippen molar-refractivity contribution in [2.24, 2.45) is 10.1 Å². The van der Waals surface area contributed by atoms with Gasteiger partial charge >= 0.3 is 0 Å². The van der Waals surface area contributed by atoms with Gasteiger partial charge in [0, 0.05) is 19.2 Å². The number of nitrogens with zero attached hydrogens (tertiary/aromatic N) is 3. The Balaban J connectivity index is 1.45. The fraction of sp³-hybridized carbons (Fsp3) is 0.200. The molecule has 30 heavy (non-hydrogen) atoms. The molecular formula is C20H17BrN4O4S. The van der Waals surface area contributed by atoms with Crippen molar-refractivity contribution >= 4 is 56.6 Å². The Kier molecular flexibility index (Phi) is 6.05. The highest BCUT2D eigenvalue weighted by Gasteiger charge is 2.39. The molecule has 2 aromatic carbocycles. The number of amides is 2. The molecular weight excluding hydrogens is 472 g/mol. The SMILES string of the molecule is CN=C1SC(CC(=O)Nc2ccccc2)C(=O)N1/N=C/c1cc(Br)c2c(c1)OCO2. The fourth-order valence-corrected chi connectivity index (χ4v) is 4.54. The summed E-state index contributed by atoms with van der Waals surface area (Å²) in [6, 6.07) is 12.7. The zero-order valence-corrected chi connectivity index (χ0v) is 18.3. The molecule has 0 radical (unpaired) electrons. The average molecular weight is 489 g/mol. The largest absolute Gasteiger partial charge is 0.454 e. The van der Waals surface area contributed by atoms with E-state index in [2.05, 4.69) is 31.3 Å². The summed E-state index contributed by atoms with van der Waals surface area (Å²) in [5, 5.41) is 8.16. The minimum absolute atomic E-state index is 0.0268. The van der Waals surface area contributed by atoms with E-state index in [9.17, 15) is 9.59 Å². The number of para-hydroxylation sites is 1. The van der Waals surface area contributed by atoms with Gasteiger partial charge in [-0.1, -0.05) is 30.0 Å². The molecule has 0 spiro atoms. The van der Waals surface area contributed by atoms with Crippen molar-refractivity contribution in [1.29, 1.82) is 0 Å². The molecule has 1 N–H and O–H groups in total. The zero-order chi connectivity index (χ0) is 21.1. The number of aliphatic imine (C=N–C) groups is 1. The number of ether oxygens (including phenoxy) is 2. The molecule has 1 atom stereocenters. The zero-order valence-electron chi connectivity index (χ0n) is 15.9. The summed E-state index contributed by atoms with van der Waals surface area (Å²) in [6.45, 7) is 0.162. The Morgan fingerprint density at radius 1 is 1.33 bits per heavy atom. The van der Waals surface area contributed by atoms with Crippen molar-refractivity contribution in [3.05, 3.63) is 52.5 Å². The number of rotatable bonds is 5. The summed E-state index contributed by atoms with van der Waals surface area (Å²) in [5.41, 5.74) is 1.41. The van der Waals surface area contributed by atoms with Gasteiger partial charge in [-0.25, -0.2) is 0 Å². The van der Waals surface area contributed by atoms with E-state index < -0.39 is 5.25 Å². The minimum atomic E-state index is -0.590. The second-order valence-corrected chi connectivity index (χ2v) is 8.39. The first-order chi connectivity index (χ1) is 14.5. The van der Waals surface area contributed by atoms with Crippen molar-refractivity contribution in [3.63, 3.8) is 0 Å². The Hall–Kier alpha value is -2.85. The first-order valence-corrected chi connectivity index (χ1v) is 10.7. The molecule has 0 bridgehead atoms. The molecule has 1 fully saturated rings. The van der Waals surface area contributed by atoms with Gasteiger partial charge in [-0.15, -0.1) is 0 Å². The maximum absolute atomic E-state index is 12.8. The van der Waals surface area contributed by atoms with E-state index in [-0.39, 0.29) is 25.0 Å². The van der Waals surface area contributed by atoms with Crippen LogP contribution >= 0.6 is 27.7 Å². The molecule has 4 rings (SSSR count). The number of nitrogens with one attached hydrogen (secondary N) is 1. The molecule has 2 aliphatic rings. The van der Waals surface area contributed by atoms with Gasteiger partial charge < -0.3 is 14.8 Å². The first kappa shape index (κ1) is 20.4. The maximum Gasteiger partial charge on any atom is 0.263 e. The summed E-state index contributed by atoms with van der Waals surface area (Å²) in [7, 11) is 1.59. The van der Waals surface area contributed by atoms with Crippen LogP contribution in [0.4, 0.5) is 5.69 Å². The standard InChI is InChI=1S/C20H17BrN4O4S/c1-22-20-25(23-10-12-7-14(21)18-15(8-12)28-11-29-18)19(27)16(30-20)9-17(26)24-13-5-3-2-4-6-13/h2-8,10,16H,9,11H2,1H3,(H,24,26)/b22-20?,23-10+. The summed E-state index contributed by atoms with van der Waals surface area (Å²) < 4.78 is 11.5. The summed E-state index contributed by atoms with van der Waals surface area (Å²) in [4.78, 5) is 29.3. The number of fused-ring (bicyclic) bond motifs is 1. The van der Waals surface area contributed by atoms with Gasteiger partial charge in [0.05, 0.1) is 10.7 Å². The van der Waals surface area contributed by atoms with E-state index >= 15 is 0 Å². The minimum Gasteiger partial charge on any atom is -0.454 e. The molecule has 2 aromatic rings. The van der Waals surface area contributed by atoms with E-state index in [0.29, 0.717) is 22.4 Å². The van der Waals surface area contributed by atoms with Crippen LogP contribution in [0.25, 0.3) is 0 Å². The summed E-state index contributed by atoms with van der Waals surface area (Å²) >= 11 is 4.66. The predicted molar refractivity (Wildman–Crippen MR) is 119 cm³/mol. The number of amidine groups is 1. The van der Waals surface area contributed by atoms with Crippen LogP contribution in [-0.4, -0.2) is 47.3 Å². The normalized spacial score (nSPS) is 19.1. The average Bonchev–Trinajstić information content (AvgIpc) is 3.32. The Bertz CT molecular complexity index is 1040. The molecule has 1 saturated heterocycles. The molecule has 8 nitrogen and oxygen atoms in total. The molecule has 2 aliphatic heterocycles. The molecule has 0 saturated carbocycles. The number of carbonyl (C=O) groups excluding carboxylic acids is 2. The van der Waals surface area contributed by atoms with Crippen LogP contribution in [0.2, 0.25) is 0 Å². The Labute approximate surface area is 185 Å². The van der Waals surface area contributed by atoms with E-state index in [4.69, 9.17) is 9.47 Å². The lowest BCUT2D eigenvalue weighted by Crippen LogP contribution is -2.29. The number of anilines is 1. The number of benzene rings is 2. The summed E-state index contributed by atoms with van der Waals surface area (Å²) in [6.07, 6.45) is 1.57. The number of hydrazone groups is 1. The second kappa shape index (κ2) is 8.88. The number of thioether (sulfide) groups is 1. The third kappa shape index (κ3) is 4.34. The van der Waals surface area contributed by atoms with E-state index in [1.165, 1.54) is 16.8 Å². The molecule has 154 valence electrons. The number of carbonyl (C=O) groups is 2. The lowest BCUT2D eigenvalue weighted by Gasteiger charge is -2.10. The lowest BCUT2D eigenvalue weighted by atomic mass is 10.2. The van der Waals surface area contributed by atoms with Crippen LogP contribution in [0.15, 0.2) is 57.0 Å². The van der Waals surface area contributed by atoms with Crippen LogP contribution in [0.3, 0.4) is 0 Å². The second-order valence-electron chi connectivity index (χ2n) is 6.36. The fourth-order valence-electron chi connectivity index (χ4n) is 2.93. The molecule has 1 unspecified atom stereocenters. The van der Waals surface area contributed by atoms with Gasteiger partial charge in [-0.05, 0) is 45.8 Å². The van der Waals surface area contributed by atoms with E-state index in [1.807, 2.05) is 24.3 Å². The Morgan fingerprint density at radius 2 is 2.13 bits per heavy atom. The van der Waals surface area contributed by atoms with Crippen molar-refractivity contribution in [3.8, 4) is 11.5 Å². The van der Waals surface area contributed by atoms with Crippen molar-refractivity contribution in [1.82, 2.24) is 5.01 Å². The van der Waals surface area contributed by atoms with Gasteiger partial charge in [0.1, 0.15) is 5.25 Å². The third-order valence-electron chi connectivity index (χ3n) is 4.30. The van der Waals surface area contributed by atoms with Crippen LogP contribution in [0.1, 0.15) is 12.0 Å². The highest BCUT2D eigenvalue weighted by molar-refractivity contribution is 9.10. The van der Waals surface area contributed by atoms with Gasteiger partial charge in [-0.3, -0.25) is 14.6 Å². The summed E-state index contributed by atoms with van der Waals surface area (Å²) in [5.74, 6) is 0.709. The van der Waals surface area contributed by atoms with Crippen LogP contribution in [0.5, 0.6) is 11.5 Å². The topological polar surface area (TPSA) is 92.6 Å². The third-order valence-corrected chi connectivity index (χ3v) is 6.11. The Morgan fingerprint density at radius 3 is 2.90 bits per heavy atom. The number of hydrogen-bond donors (Lipinski definition) is 1. The quantitative estimate of drug-likeness (QED) is 0.650. The van der Waals surface area contributed by atoms with Gasteiger partial charge in [0.25, 0.3) is 5.91 Å². The lowest BCUT2D eigenvalue weighted by molar-refractivity contribution is -0.128. The first-order valence-electron chi connectivity index (χ1n) is 9.00. The molecule has 10 heteroatoms. The smallest absolute Gasteiger partial charge is 0.263 e. The van der Waals surface area contributed by atoms with Crippen molar-refractivity contribution < 1.29 is 19.1 Å². The highest BCUT2D eigenvalue weighted by Crippen LogP contribution is 2.39. The molecule has 2 heterocycles. The van der Waals surface area contributed by atoms with Crippen molar-refractivity contribution in [2.75, 3.05) is 19.2 Å². The molecule has 0 aromatic heterocycles. The van der Waals surface area contributed by atoms with Crippen LogP contribution in [-0.2, 0) is 9.59 Å². The highest BCUT2D eigenvalue weighted by atomic mass is 79.9. The van der Waals surface area contributed by atoms with Gasteiger partial charge in [-0.2, -0.15) is 10.1 Å². The monoisotopic (exact) mass is 488 g/mol. The maximum atomic E-state index is 12.8. The van der Waals surface area contributed by atoms with Crippen molar-refractivity contribution in [2.45, 2.75) is 11.7 Å². The van der Waals surface area contributed by atoms with Crippen LogP contribution < -0.4 is 14.8 Å². The van der Waals surface area contributed by atoms with Crippen LogP contribution in [0, 0.1) is 0 Å². The van der Waals surface area contributed by atoms with Gasteiger partial charge in [0.15, 0.2) is 16.7 Å². The number of hydrogen-bond acceptors (Lipinski definition) is 7.